The lowest BCUT2D eigenvalue weighted by atomic mass is 9.99. The molecule has 0 nitrogen and oxygen atoms in total. The second-order valence-corrected chi connectivity index (χ2v) is 10.5. The maximum Gasteiger partial charge on any atom is 0.0603 e. The molecule has 0 unspecified atom stereocenters. The smallest absolute Gasteiger partial charge is 0.0603 e. The zero-order chi connectivity index (χ0) is 18.2. The first-order chi connectivity index (χ1) is 13.3. The van der Waals surface area contributed by atoms with Crippen molar-refractivity contribution in [1.82, 2.24) is 0 Å². The highest BCUT2D eigenvalue weighted by molar-refractivity contribution is 14.1. The van der Waals surface area contributed by atoms with E-state index in [0.29, 0.717) is 0 Å². The van der Waals surface area contributed by atoms with Crippen LogP contribution in [0.5, 0.6) is 0 Å². The van der Waals surface area contributed by atoms with E-state index in [0.717, 1.165) is 11.5 Å². The third-order valence-electron chi connectivity index (χ3n) is 4.97. The summed E-state index contributed by atoms with van der Waals surface area (Å²) >= 11 is 6.46. The van der Waals surface area contributed by atoms with Crippen LogP contribution in [0.25, 0.3) is 26.5 Å². The Morgan fingerprint density at radius 2 is 1.56 bits per heavy atom. The van der Waals surface area contributed by atoms with Gasteiger partial charge in [0.15, 0.2) is 0 Å². The number of hydrogen-bond donors (Lipinski definition) is 0. The van der Waals surface area contributed by atoms with E-state index in [-0.39, 0.29) is 0 Å². The van der Waals surface area contributed by atoms with Gasteiger partial charge in [-0.15, -0.1) is 23.5 Å². The van der Waals surface area contributed by atoms with Crippen molar-refractivity contribution in [3.05, 3.63) is 98.5 Å². The SMILES string of the molecule is IC1=C(SCc2ccc3ccccc3c2)c2c(ccc3ccccc23)CS1. The minimum Gasteiger partial charge on any atom is -0.119 e. The van der Waals surface area contributed by atoms with Gasteiger partial charge in [0.05, 0.1) is 2.91 Å². The van der Waals surface area contributed by atoms with E-state index in [4.69, 9.17) is 0 Å². The van der Waals surface area contributed by atoms with Crippen molar-refractivity contribution in [1.29, 1.82) is 0 Å². The molecule has 3 heteroatoms. The maximum absolute atomic E-state index is 2.53. The first kappa shape index (κ1) is 17.7. The molecule has 132 valence electrons. The number of thioether (sulfide) groups is 2. The lowest BCUT2D eigenvalue weighted by Crippen LogP contribution is -1.98. The van der Waals surface area contributed by atoms with Gasteiger partial charge in [-0.25, -0.2) is 0 Å². The van der Waals surface area contributed by atoms with Crippen molar-refractivity contribution >= 4 is 72.6 Å². The Labute approximate surface area is 181 Å². The Kier molecular flexibility index (Phi) is 4.92. The van der Waals surface area contributed by atoms with E-state index < -0.39 is 0 Å². The van der Waals surface area contributed by atoms with Gasteiger partial charge >= 0.3 is 0 Å². The van der Waals surface area contributed by atoms with Crippen molar-refractivity contribution in [3.8, 4) is 0 Å². The van der Waals surface area contributed by atoms with Gasteiger partial charge in [0.25, 0.3) is 0 Å². The zero-order valence-corrected chi connectivity index (χ0v) is 18.4. The Morgan fingerprint density at radius 3 is 2.44 bits per heavy atom. The van der Waals surface area contributed by atoms with E-state index in [1.807, 2.05) is 23.5 Å². The van der Waals surface area contributed by atoms with Crippen molar-refractivity contribution in [2.75, 3.05) is 0 Å². The van der Waals surface area contributed by atoms with Crippen LogP contribution in [-0.2, 0) is 11.5 Å². The highest BCUT2D eigenvalue weighted by Crippen LogP contribution is 2.49. The molecule has 0 atom stereocenters. The van der Waals surface area contributed by atoms with Crippen molar-refractivity contribution in [3.63, 3.8) is 0 Å². The van der Waals surface area contributed by atoms with Gasteiger partial charge in [-0.1, -0.05) is 78.9 Å². The molecule has 0 spiro atoms. The quantitative estimate of drug-likeness (QED) is 0.262. The molecule has 0 bridgehead atoms. The molecular formula is C24H17IS2. The maximum atomic E-state index is 2.53. The molecule has 0 amide bonds. The van der Waals surface area contributed by atoms with Gasteiger partial charge < -0.3 is 0 Å². The summed E-state index contributed by atoms with van der Waals surface area (Å²) in [5.74, 6) is 2.06. The van der Waals surface area contributed by atoms with Crippen molar-refractivity contribution in [2.45, 2.75) is 11.5 Å². The lowest BCUT2D eigenvalue weighted by molar-refractivity contribution is 1.41. The van der Waals surface area contributed by atoms with Gasteiger partial charge in [0, 0.05) is 22.0 Å². The van der Waals surface area contributed by atoms with E-state index in [1.54, 1.807) is 0 Å². The molecule has 0 aromatic heterocycles. The van der Waals surface area contributed by atoms with Gasteiger partial charge in [-0.2, -0.15) is 0 Å². The average molecular weight is 496 g/mol. The normalized spacial score (nSPS) is 14.0. The summed E-state index contributed by atoms with van der Waals surface area (Å²) in [6.45, 7) is 0. The van der Waals surface area contributed by atoms with Crippen LogP contribution in [0.15, 0.2) is 81.8 Å². The monoisotopic (exact) mass is 496 g/mol. The van der Waals surface area contributed by atoms with Gasteiger partial charge in [-0.3, -0.25) is 0 Å². The lowest BCUT2D eigenvalue weighted by Gasteiger charge is -2.22. The summed E-state index contributed by atoms with van der Waals surface area (Å²) in [6.07, 6.45) is 0. The fraction of sp³-hybridized carbons (Fsp3) is 0.0833. The molecule has 0 aliphatic carbocycles. The Hall–Kier alpha value is -1.43. The summed E-state index contributed by atoms with van der Waals surface area (Å²) in [6, 6.07) is 28.8. The topological polar surface area (TPSA) is 0 Å². The van der Waals surface area contributed by atoms with E-state index in [9.17, 15) is 0 Å². The highest BCUT2D eigenvalue weighted by Gasteiger charge is 2.21. The minimum absolute atomic E-state index is 0.996. The van der Waals surface area contributed by atoms with Gasteiger partial charge in [0.1, 0.15) is 0 Å². The Morgan fingerprint density at radius 1 is 0.815 bits per heavy atom. The molecule has 0 saturated heterocycles. The molecule has 0 N–H and O–H groups in total. The van der Waals surface area contributed by atoms with E-state index in [2.05, 4.69) is 101 Å². The van der Waals surface area contributed by atoms with Crippen LogP contribution >= 0.6 is 46.1 Å². The molecule has 1 aliphatic heterocycles. The van der Waals surface area contributed by atoms with Crippen molar-refractivity contribution < 1.29 is 0 Å². The Bertz CT molecular complexity index is 1190. The first-order valence-corrected chi connectivity index (χ1v) is 12.0. The second-order valence-electron chi connectivity index (χ2n) is 6.68. The second kappa shape index (κ2) is 7.53. The van der Waals surface area contributed by atoms with Crippen LogP contribution in [-0.4, -0.2) is 0 Å². The molecule has 0 radical (unpaired) electrons. The number of rotatable bonds is 3. The summed E-state index contributed by atoms with van der Waals surface area (Å²) in [5, 5.41) is 5.34. The van der Waals surface area contributed by atoms with Gasteiger partial charge in [0.2, 0.25) is 0 Å². The molecular weight excluding hydrogens is 479 g/mol. The third-order valence-corrected chi connectivity index (χ3v) is 9.03. The van der Waals surface area contributed by atoms with Crippen LogP contribution in [0, 0.1) is 0 Å². The molecule has 1 aliphatic rings. The van der Waals surface area contributed by atoms with Crippen LogP contribution in [0.4, 0.5) is 0 Å². The zero-order valence-electron chi connectivity index (χ0n) is 14.6. The van der Waals surface area contributed by atoms with Crippen LogP contribution < -0.4 is 0 Å². The van der Waals surface area contributed by atoms with E-state index >= 15 is 0 Å². The predicted molar refractivity (Wildman–Crippen MR) is 131 cm³/mol. The number of hydrogen-bond acceptors (Lipinski definition) is 2. The van der Waals surface area contributed by atoms with Gasteiger partial charge in [-0.05, 0) is 55.3 Å². The fourth-order valence-electron chi connectivity index (χ4n) is 3.62. The Balaban J connectivity index is 1.52. The average Bonchev–Trinajstić information content (AvgIpc) is 2.72. The number of fused-ring (bicyclic) bond motifs is 4. The predicted octanol–water partition coefficient (Wildman–Crippen LogP) is 8.23. The molecule has 0 fully saturated rings. The fourth-order valence-corrected chi connectivity index (χ4v) is 6.93. The molecule has 0 saturated carbocycles. The van der Waals surface area contributed by atoms with Crippen LogP contribution in [0.1, 0.15) is 16.7 Å². The highest BCUT2D eigenvalue weighted by atomic mass is 127. The molecule has 27 heavy (non-hydrogen) atoms. The summed E-state index contributed by atoms with van der Waals surface area (Å²) in [7, 11) is 0. The molecule has 5 rings (SSSR count). The summed E-state index contributed by atoms with van der Waals surface area (Å²) in [4.78, 5) is 1.44. The number of halogens is 1. The molecule has 1 heterocycles. The van der Waals surface area contributed by atoms with Crippen molar-refractivity contribution in [2.24, 2.45) is 0 Å². The molecule has 4 aromatic rings. The minimum atomic E-state index is 0.996. The number of benzene rings is 4. The summed E-state index contributed by atoms with van der Waals surface area (Å²) < 4.78 is 1.42. The van der Waals surface area contributed by atoms with Crippen LogP contribution in [0.2, 0.25) is 0 Å². The largest absolute Gasteiger partial charge is 0.119 e. The van der Waals surface area contributed by atoms with Crippen LogP contribution in [0.3, 0.4) is 0 Å². The standard InChI is InChI=1S/C24H17IS2/c25-24-23(26-14-16-9-10-17-5-1-2-7-19(17)13-16)22-20(15-27-24)12-11-18-6-3-4-8-21(18)22/h1-13H,14-15H2. The summed E-state index contributed by atoms with van der Waals surface area (Å²) in [5.41, 5.74) is 4.29. The van der Waals surface area contributed by atoms with E-state index in [1.165, 1.54) is 46.1 Å². The first-order valence-electron chi connectivity index (χ1n) is 8.94. The third kappa shape index (κ3) is 3.41. The molecule has 4 aromatic carbocycles.